The molecule has 1 aliphatic heterocycles. The highest BCUT2D eigenvalue weighted by molar-refractivity contribution is 6.08. The van der Waals surface area contributed by atoms with E-state index in [1.54, 1.807) is 25.5 Å². The number of hydrogen-bond donors (Lipinski definition) is 0. The van der Waals surface area contributed by atoms with Crippen molar-refractivity contribution in [1.82, 2.24) is 0 Å². The van der Waals surface area contributed by atoms with E-state index in [0.717, 1.165) is 11.5 Å². The van der Waals surface area contributed by atoms with Crippen molar-refractivity contribution in [2.45, 2.75) is 0 Å². The first-order valence-electron chi connectivity index (χ1n) is 3.01. The van der Waals surface area contributed by atoms with E-state index in [9.17, 15) is 0 Å². The van der Waals surface area contributed by atoms with Gasteiger partial charge in [0.25, 0.3) is 0 Å². The Bertz CT molecular complexity index is 223. The summed E-state index contributed by atoms with van der Waals surface area (Å²) in [5, 5.41) is 0. The van der Waals surface area contributed by atoms with Crippen LogP contribution in [0.4, 0.5) is 0 Å². The predicted molar refractivity (Wildman–Crippen MR) is 41.9 cm³/mol. The van der Waals surface area contributed by atoms with Gasteiger partial charge in [0.15, 0.2) is 5.76 Å². The summed E-state index contributed by atoms with van der Waals surface area (Å²) in [5.74, 6) is 0.762. The minimum absolute atomic E-state index is 0.762. The molecule has 0 spiro atoms. The maximum atomic E-state index is 5.08. The third-order valence-electron chi connectivity index (χ3n) is 1.18. The molecule has 1 rings (SSSR count). The van der Waals surface area contributed by atoms with Crippen molar-refractivity contribution in [3.8, 4) is 0 Å². The van der Waals surface area contributed by atoms with Gasteiger partial charge < -0.3 is 4.74 Å². The minimum Gasteiger partial charge on any atom is -0.463 e. The molecule has 0 aromatic carbocycles. The first kappa shape index (κ1) is 6.81. The molecule has 0 aliphatic carbocycles. The Balaban J connectivity index is 2.84. The monoisotopic (exact) mass is 135 g/mol. The number of hydrogen-bond acceptors (Lipinski definition) is 2. The summed E-state index contributed by atoms with van der Waals surface area (Å²) in [7, 11) is 1.73. The van der Waals surface area contributed by atoms with Crippen LogP contribution >= 0.6 is 0 Å². The lowest BCUT2D eigenvalue weighted by atomic mass is 10.3. The molecule has 0 N–H and O–H groups in total. The second-order valence-corrected chi connectivity index (χ2v) is 1.80. The lowest BCUT2D eigenvalue weighted by Crippen LogP contribution is -1.92. The van der Waals surface area contributed by atoms with E-state index < -0.39 is 0 Å². The molecule has 0 fully saturated rings. The van der Waals surface area contributed by atoms with Crippen LogP contribution in [0.15, 0.2) is 41.8 Å². The molecule has 1 heterocycles. The molecule has 1 aliphatic rings. The third kappa shape index (κ3) is 1.16. The molecule has 0 bridgehead atoms. The first-order chi connectivity index (χ1) is 4.88. The zero-order valence-electron chi connectivity index (χ0n) is 5.87. The molecule has 0 unspecified atom stereocenters. The maximum Gasteiger partial charge on any atom is 0.151 e. The van der Waals surface area contributed by atoms with Gasteiger partial charge in [-0.2, -0.15) is 0 Å². The molecule has 0 saturated carbocycles. The predicted octanol–water partition coefficient (Wildman–Crippen LogP) is 1.67. The average molecular weight is 135 g/mol. The van der Waals surface area contributed by atoms with Gasteiger partial charge in [-0.3, -0.25) is 4.99 Å². The Morgan fingerprint density at radius 2 is 2.50 bits per heavy atom. The fourth-order valence-electron chi connectivity index (χ4n) is 0.731. The summed E-state index contributed by atoms with van der Waals surface area (Å²) in [6.45, 7) is 3.55. The topological polar surface area (TPSA) is 21.6 Å². The van der Waals surface area contributed by atoms with E-state index in [1.807, 2.05) is 6.08 Å². The molecule has 0 aromatic heterocycles. The molecule has 10 heavy (non-hydrogen) atoms. The summed E-state index contributed by atoms with van der Waals surface area (Å²) in [5.41, 5.74) is 0.861. The van der Waals surface area contributed by atoms with Gasteiger partial charge in [-0.1, -0.05) is 12.7 Å². The van der Waals surface area contributed by atoms with E-state index in [4.69, 9.17) is 4.74 Å². The van der Waals surface area contributed by atoms with E-state index >= 15 is 0 Å². The number of aliphatic imine (C=N–C) groups is 1. The molecule has 2 heteroatoms. The van der Waals surface area contributed by atoms with Gasteiger partial charge in [0.1, 0.15) is 5.71 Å². The van der Waals surface area contributed by atoms with Crippen LogP contribution in [0.2, 0.25) is 0 Å². The van der Waals surface area contributed by atoms with Gasteiger partial charge in [0.05, 0.1) is 6.26 Å². The highest BCUT2D eigenvalue weighted by Crippen LogP contribution is 2.10. The van der Waals surface area contributed by atoms with Crippen molar-refractivity contribution >= 4 is 5.71 Å². The second kappa shape index (κ2) is 3.01. The Kier molecular flexibility index (Phi) is 2.05. The van der Waals surface area contributed by atoms with Crippen LogP contribution in [-0.4, -0.2) is 12.8 Å². The quantitative estimate of drug-likeness (QED) is 0.536. The molecular formula is C8H9NO. The number of ether oxygens (including phenoxy) is 1. The van der Waals surface area contributed by atoms with Crippen LogP contribution in [0.25, 0.3) is 0 Å². The summed E-state index contributed by atoms with van der Waals surface area (Å²) in [6.07, 6.45) is 6.88. The lowest BCUT2D eigenvalue weighted by Gasteiger charge is -1.94. The fourth-order valence-corrected chi connectivity index (χ4v) is 0.731. The molecule has 0 saturated heterocycles. The summed E-state index contributed by atoms with van der Waals surface area (Å²) in [6, 6.07) is 0. The molecular weight excluding hydrogens is 126 g/mol. The zero-order valence-corrected chi connectivity index (χ0v) is 5.87. The van der Waals surface area contributed by atoms with E-state index in [0.29, 0.717) is 0 Å². The van der Waals surface area contributed by atoms with Gasteiger partial charge in [0.2, 0.25) is 0 Å². The average Bonchev–Trinajstić information content (AvgIpc) is 2.36. The van der Waals surface area contributed by atoms with Crippen LogP contribution in [-0.2, 0) is 4.74 Å². The number of rotatable bonds is 1. The first-order valence-corrected chi connectivity index (χ1v) is 3.01. The Labute approximate surface area is 60.2 Å². The highest BCUT2D eigenvalue weighted by atomic mass is 16.5. The minimum atomic E-state index is 0.762. The normalized spacial score (nSPS) is 23.7. The molecule has 52 valence electrons. The molecule has 0 amide bonds. The Morgan fingerprint density at radius 3 is 3.10 bits per heavy atom. The van der Waals surface area contributed by atoms with Crippen molar-refractivity contribution < 1.29 is 4.74 Å². The molecule has 2 nitrogen and oxygen atoms in total. The van der Waals surface area contributed by atoms with Crippen molar-refractivity contribution in [3.63, 3.8) is 0 Å². The second-order valence-electron chi connectivity index (χ2n) is 1.80. The maximum absolute atomic E-state index is 5.08. The summed E-state index contributed by atoms with van der Waals surface area (Å²) >= 11 is 0. The van der Waals surface area contributed by atoms with Gasteiger partial charge >= 0.3 is 0 Å². The van der Waals surface area contributed by atoms with Crippen molar-refractivity contribution in [3.05, 3.63) is 36.8 Å². The van der Waals surface area contributed by atoms with Crippen LogP contribution in [0.1, 0.15) is 0 Å². The van der Waals surface area contributed by atoms with Crippen molar-refractivity contribution in [2.24, 2.45) is 4.99 Å². The summed E-state index contributed by atoms with van der Waals surface area (Å²) in [4.78, 5) is 3.98. The highest BCUT2D eigenvalue weighted by Gasteiger charge is 2.07. The standard InChI is InChI=1S/C8H9NO/c1-3-4-8-7(9-2)5-6-10-8/h3-6H,1H2,2H3/b8-4+,9-7?. The zero-order chi connectivity index (χ0) is 7.40. The van der Waals surface area contributed by atoms with Gasteiger partial charge in [-0.15, -0.1) is 0 Å². The smallest absolute Gasteiger partial charge is 0.151 e. The van der Waals surface area contributed by atoms with E-state index in [2.05, 4.69) is 11.6 Å². The van der Waals surface area contributed by atoms with Crippen molar-refractivity contribution in [1.29, 1.82) is 0 Å². The number of nitrogens with zero attached hydrogens (tertiary/aromatic N) is 1. The van der Waals surface area contributed by atoms with Crippen LogP contribution in [0, 0.1) is 0 Å². The Hall–Kier alpha value is -1.31. The molecule has 0 atom stereocenters. The fraction of sp³-hybridized carbons (Fsp3) is 0.125. The van der Waals surface area contributed by atoms with Crippen molar-refractivity contribution in [2.75, 3.05) is 7.05 Å². The van der Waals surface area contributed by atoms with Crippen LogP contribution < -0.4 is 0 Å². The largest absolute Gasteiger partial charge is 0.463 e. The van der Waals surface area contributed by atoms with Gasteiger partial charge in [-0.05, 0) is 6.08 Å². The summed E-state index contributed by atoms with van der Waals surface area (Å²) < 4.78 is 5.08. The Morgan fingerprint density at radius 1 is 1.70 bits per heavy atom. The third-order valence-corrected chi connectivity index (χ3v) is 1.18. The molecule has 0 aromatic rings. The lowest BCUT2D eigenvalue weighted by molar-refractivity contribution is 0.389. The van der Waals surface area contributed by atoms with Gasteiger partial charge in [-0.25, -0.2) is 0 Å². The molecule has 0 radical (unpaired) electrons. The number of allylic oxidation sites excluding steroid dienone is 3. The van der Waals surface area contributed by atoms with E-state index in [-0.39, 0.29) is 0 Å². The van der Waals surface area contributed by atoms with Crippen LogP contribution in [0.5, 0.6) is 0 Å². The van der Waals surface area contributed by atoms with E-state index in [1.165, 1.54) is 0 Å². The SMILES string of the molecule is C=C/C=C1/OC=CC1=NC. The van der Waals surface area contributed by atoms with Gasteiger partial charge in [0, 0.05) is 13.1 Å². The van der Waals surface area contributed by atoms with Crippen LogP contribution in [0.3, 0.4) is 0 Å².